The van der Waals surface area contributed by atoms with Crippen molar-refractivity contribution in [2.75, 3.05) is 12.8 Å². The molecule has 0 saturated heterocycles. The van der Waals surface area contributed by atoms with E-state index in [1.54, 1.807) is 42.5 Å². The lowest BCUT2D eigenvalue weighted by Gasteiger charge is -2.13. The van der Waals surface area contributed by atoms with Crippen molar-refractivity contribution in [2.24, 2.45) is 0 Å². The molecule has 3 rings (SSSR count). The molecule has 0 radical (unpaired) electrons. The van der Waals surface area contributed by atoms with Crippen molar-refractivity contribution >= 4 is 21.9 Å². The molecule has 0 spiro atoms. The SMILES string of the molecule is CS(=O)(=O)NCc1cc(CC(=O)O)ccc1Oc1ccc(CC(=O)NCCc2ccccc2)cc1. The molecule has 8 nitrogen and oxygen atoms in total. The fourth-order valence-electron chi connectivity index (χ4n) is 3.41. The van der Waals surface area contributed by atoms with Gasteiger partial charge in [0.05, 0.1) is 19.1 Å². The van der Waals surface area contributed by atoms with Crippen LogP contribution in [0.25, 0.3) is 0 Å². The van der Waals surface area contributed by atoms with E-state index in [9.17, 15) is 18.0 Å². The van der Waals surface area contributed by atoms with Crippen LogP contribution in [0.2, 0.25) is 0 Å². The molecular formula is C26H28N2O6S. The zero-order valence-electron chi connectivity index (χ0n) is 19.4. The average molecular weight is 497 g/mol. The smallest absolute Gasteiger partial charge is 0.307 e. The molecule has 1 amide bonds. The number of carboxylic acids is 1. The number of sulfonamides is 1. The molecule has 0 bridgehead atoms. The fourth-order valence-corrected chi connectivity index (χ4v) is 3.82. The summed E-state index contributed by atoms with van der Waals surface area (Å²) < 4.78 is 31.4. The number of aliphatic carboxylic acids is 1. The molecule has 0 aliphatic rings. The molecular weight excluding hydrogens is 468 g/mol. The molecule has 35 heavy (non-hydrogen) atoms. The number of carbonyl (C=O) groups excluding carboxylic acids is 1. The van der Waals surface area contributed by atoms with Crippen LogP contribution >= 0.6 is 0 Å². The molecule has 0 heterocycles. The van der Waals surface area contributed by atoms with Gasteiger partial charge in [-0.1, -0.05) is 54.6 Å². The van der Waals surface area contributed by atoms with Crippen molar-refractivity contribution in [1.29, 1.82) is 0 Å². The van der Waals surface area contributed by atoms with Gasteiger partial charge < -0.3 is 15.2 Å². The molecule has 0 aliphatic carbocycles. The zero-order valence-corrected chi connectivity index (χ0v) is 20.2. The van der Waals surface area contributed by atoms with E-state index in [2.05, 4.69) is 10.0 Å². The minimum Gasteiger partial charge on any atom is -0.481 e. The van der Waals surface area contributed by atoms with Crippen LogP contribution in [-0.4, -0.2) is 38.2 Å². The van der Waals surface area contributed by atoms with Crippen LogP contribution < -0.4 is 14.8 Å². The lowest BCUT2D eigenvalue weighted by atomic mass is 10.1. The number of rotatable bonds is 12. The van der Waals surface area contributed by atoms with Gasteiger partial charge in [0.15, 0.2) is 0 Å². The summed E-state index contributed by atoms with van der Waals surface area (Å²) >= 11 is 0. The monoisotopic (exact) mass is 496 g/mol. The predicted octanol–water partition coefficient (Wildman–Crippen LogP) is 3.06. The standard InChI is InChI=1S/C26H28N2O6S/c1-35(32,33)28-18-22-15-21(17-26(30)31)9-12-24(22)34-23-10-7-20(8-11-23)16-25(29)27-14-13-19-5-3-2-4-6-19/h2-12,15,28H,13-14,16-18H2,1H3,(H,27,29)(H,30,31). The van der Waals surface area contributed by atoms with Crippen molar-refractivity contribution in [3.63, 3.8) is 0 Å². The first-order chi connectivity index (χ1) is 16.7. The molecule has 9 heteroatoms. The highest BCUT2D eigenvalue weighted by molar-refractivity contribution is 7.88. The molecule has 0 aliphatic heterocycles. The van der Waals surface area contributed by atoms with E-state index in [1.165, 1.54) is 0 Å². The molecule has 3 N–H and O–H groups in total. The van der Waals surface area contributed by atoms with Crippen LogP contribution in [0, 0.1) is 0 Å². The van der Waals surface area contributed by atoms with Crippen LogP contribution in [0.1, 0.15) is 22.3 Å². The van der Waals surface area contributed by atoms with Crippen molar-refractivity contribution < 1.29 is 27.9 Å². The van der Waals surface area contributed by atoms with Gasteiger partial charge in [0.25, 0.3) is 0 Å². The molecule has 0 atom stereocenters. The van der Waals surface area contributed by atoms with Gasteiger partial charge in [0.2, 0.25) is 15.9 Å². The summed E-state index contributed by atoms with van der Waals surface area (Å²) in [7, 11) is -3.45. The van der Waals surface area contributed by atoms with Gasteiger partial charge in [-0.25, -0.2) is 13.1 Å². The Labute approximate surface area is 205 Å². The van der Waals surface area contributed by atoms with Gasteiger partial charge in [-0.2, -0.15) is 0 Å². The van der Waals surface area contributed by atoms with Crippen LogP contribution in [-0.2, 0) is 45.4 Å². The third-order valence-corrected chi connectivity index (χ3v) is 5.77. The predicted molar refractivity (Wildman–Crippen MR) is 133 cm³/mol. The first-order valence-electron chi connectivity index (χ1n) is 11.0. The Bertz CT molecular complexity index is 1260. The first-order valence-corrected chi connectivity index (χ1v) is 12.9. The molecule has 3 aromatic rings. The number of ether oxygens (including phenoxy) is 1. The van der Waals surface area contributed by atoms with Gasteiger partial charge in [0, 0.05) is 18.7 Å². The molecule has 0 fully saturated rings. The van der Waals surface area contributed by atoms with Gasteiger partial charge in [-0.15, -0.1) is 0 Å². The summed E-state index contributed by atoms with van der Waals surface area (Å²) in [5.74, 6) is -0.148. The Morgan fingerprint density at radius 2 is 1.57 bits per heavy atom. The summed E-state index contributed by atoms with van der Waals surface area (Å²) in [6, 6.07) is 21.8. The topological polar surface area (TPSA) is 122 Å². The Hall–Kier alpha value is -3.69. The van der Waals surface area contributed by atoms with E-state index in [0.29, 0.717) is 29.2 Å². The summed E-state index contributed by atoms with van der Waals surface area (Å²) in [5, 5.41) is 12.0. The third kappa shape index (κ3) is 9.23. The number of hydrogen-bond donors (Lipinski definition) is 3. The number of nitrogens with one attached hydrogen (secondary N) is 2. The highest BCUT2D eigenvalue weighted by Gasteiger charge is 2.12. The van der Waals surface area contributed by atoms with E-state index in [1.807, 2.05) is 30.3 Å². The Kier molecular flexibility index (Phi) is 8.99. The number of benzene rings is 3. The molecule has 184 valence electrons. The fraction of sp³-hybridized carbons (Fsp3) is 0.231. The van der Waals surface area contributed by atoms with Crippen LogP contribution in [0.15, 0.2) is 72.8 Å². The Morgan fingerprint density at radius 3 is 2.23 bits per heavy atom. The first kappa shape index (κ1) is 25.9. The summed E-state index contributed by atoms with van der Waals surface area (Å²) in [6.07, 6.45) is 1.86. The maximum Gasteiger partial charge on any atom is 0.307 e. The number of carbonyl (C=O) groups is 2. The highest BCUT2D eigenvalue weighted by Crippen LogP contribution is 2.27. The average Bonchev–Trinajstić information content (AvgIpc) is 2.80. The van der Waals surface area contributed by atoms with Crippen LogP contribution in [0.3, 0.4) is 0 Å². The molecule has 3 aromatic carbocycles. The van der Waals surface area contributed by atoms with E-state index < -0.39 is 16.0 Å². The normalized spacial score (nSPS) is 11.1. The quantitative estimate of drug-likeness (QED) is 0.354. The molecule has 0 saturated carbocycles. The van der Waals surface area contributed by atoms with Crippen molar-refractivity contribution in [2.45, 2.75) is 25.8 Å². The summed E-state index contributed by atoms with van der Waals surface area (Å²) in [6.45, 7) is 0.523. The van der Waals surface area contributed by atoms with Gasteiger partial charge in [-0.3, -0.25) is 9.59 Å². The number of amides is 1. The second-order valence-electron chi connectivity index (χ2n) is 8.11. The van der Waals surface area contributed by atoms with E-state index in [4.69, 9.17) is 9.84 Å². The minimum atomic E-state index is -3.45. The van der Waals surface area contributed by atoms with Crippen molar-refractivity contribution in [3.8, 4) is 11.5 Å². The lowest BCUT2D eigenvalue weighted by Crippen LogP contribution is -2.27. The maximum atomic E-state index is 12.2. The lowest BCUT2D eigenvalue weighted by molar-refractivity contribution is -0.136. The summed E-state index contributed by atoms with van der Waals surface area (Å²) in [4.78, 5) is 23.3. The Balaban J connectivity index is 1.60. The second-order valence-corrected chi connectivity index (χ2v) is 9.95. The largest absolute Gasteiger partial charge is 0.481 e. The van der Waals surface area contributed by atoms with Gasteiger partial charge in [-0.05, 0) is 41.3 Å². The van der Waals surface area contributed by atoms with E-state index >= 15 is 0 Å². The van der Waals surface area contributed by atoms with Gasteiger partial charge >= 0.3 is 5.97 Å². The van der Waals surface area contributed by atoms with Crippen LogP contribution in [0.4, 0.5) is 0 Å². The molecule has 0 unspecified atom stereocenters. The number of carboxylic acid groups (broad SMARTS) is 1. The summed E-state index contributed by atoms with van der Waals surface area (Å²) in [5.41, 5.74) is 3.03. The number of hydrogen-bond acceptors (Lipinski definition) is 5. The van der Waals surface area contributed by atoms with Gasteiger partial charge in [0.1, 0.15) is 11.5 Å². The van der Waals surface area contributed by atoms with Crippen LogP contribution in [0.5, 0.6) is 11.5 Å². The third-order valence-electron chi connectivity index (χ3n) is 5.10. The second kappa shape index (κ2) is 12.1. The minimum absolute atomic E-state index is 0.0388. The highest BCUT2D eigenvalue weighted by atomic mass is 32.2. The molecule has 0 aromatic heterocycles. The van der Waals surface area contributed by atoms with Crippen molar-refractivity contribution in [3.05, 3.63) is 95.1 Å². The maximum absolute atomic E-state index is 12.2. The van der Waals surface area contributed by atoms with Crippen molar-refractivity contribution in [1.82, 2.24) is 10.0 Å². The van der Waals surface area contributed by atoms with E-state index in [0.717, 1.165) is 23.8 Å². The zero-order chi connectivity index (χ0) is 25.3. The Morgan fingerprint density at radius 1 is 0.886 bits per heavy atom. The van der Waals surface area contributed by atoms with E-state index in [-0.39, 0.29) is 25.3 Å².